The minimum Gasteiger partial charge on any atom is -0.495 e. The molecule has 2 rings (SSSR count). The molecule has 19 heavy (non-hydrogen) atoms. The fraction of sp³-hybridized carbons (Fsp3) is 0.0769. The van der Waals surface area contributed by atoms with Crippen molar-refractivity contribution >= 4 is 35.6 Å². The zero-order valence-corrected chi connectivity index (χ0v) is 11.7. The third-order valence-electron chi connectivity index (χ3n) is 2.33. The number of methoxy groups -OCH3 is 1. The number of hydrogen-bond donors (Lipinski definition) is 1. The van der Waals surface area contributed by atoms with Gasteiger partial charge in [-0.25, -0.2) is 0 Å². The largest absolute Gasteiger partial charge is 0.495 e. The van der Waals surface area contributed by atoms with Gasteiger partial charge in [-0.2, -0.15) is 0 Å². The molecule has 0 unspecified atom stereocenters. The Morgan fingerprint density at radius 2 is 2.16 bits per heavy atom. The van der Waals surface area contributed by atoms with E-state index in [1.807, 2.05) is 0 Å². The predicted molar refractivity (Wildman–Crippen MR) is 77.4 cm³/mol. The Balaban J connectivity index is 0.00000180. The molecule has 0 aliphatic carbocycles. The smallest absolute Gasteiger partial charge is 0.257 e. The van der Waals surface area contributed by atoms with Gasteiger partial charge in [0.25, 0.3) is 5.91 Å². The minimum atomic E-state index is -0.232. The SMILES string of the molecule is COc1ccc(NC(=O)c2cccnc2)cc1Cl.Cl. The third kappa shape index (κ3) is 3.84. The van der Waals surface area contributed by atoms with Crippen LogP contribution in [0.5, 0.6) is 5.75 Å². The van der Waals surface area contributed by atoms with Crippen molar-refractivity contribution in [3.8, 4) is 5.75 Å². The molecule has 0 aliphatic heterocycles. The lowest BCUT2D eigenvalue weighted by molar-refractivity contribution is 0.102. The summed E-state index contributed by atoms with van der Waals surface area (Å²) < 4.78 is 5.03. The van der Waals surface area contributed by atoms with Crippen LogP contribution >= 0.6 is 24.0 Å². The second-order valence-corrected chi connectivity index (χ2v) is 3.95. The van der Waals surface area contributed by atoms with Gasteiger partial charge in [0.2, 0.25) is 0 Å². The molecule has 1 aromatic heterocycles. The standard InChI is InChI=1S/C13H11ClN2O2.ClH/c1-18-12-5-4-10(7-11(12)14)16-13(17)9-3-2-6-15-8-9;/h2-8H,1H3,(H,16,17);1H. The molecule has 0 radical (unpaired) electrons. The van der Waals surface area contributed by atoms with E-state index in [9.17, 15) is 4.79 Å². The van der Waals surface area contributed by atoms with Gasteiger partial charge in [-0.15, -0.1) is 12.4 Å². The Hall–Kier alpha value is -1.78. The first-order valence-electron chi connectivity index (χ1n) is 5.25. The lowest BCUT2D eigenvalue weighted by Crippen LogP contribution is -2.11. The van der Waals surface area contributed by atoms with Crippen molar-refractivity contribution in [2.75, 3.05) is 12.4 Å². The van der Waals surface area contributed by atoms with Crippen LogP contribution in [0.3, 0.4) is 0 Å². The second kappa shape index (κ2) is 6.97. The highest BCUT2D eigenvalue weighted by Gasteiger charge is 2.07. The lowest BCUT2D eigenvalue weighted by Gasteiger charge is -2.07. The van der Waals surface area contributed by atoms with E-state index >= 15 is 0 Å². The molecule has 1 N–H and O–H groups in total. The monoisotopic (exact) mass is 298 g/mol. The predicted octanol–water partition coefficient (Wildman–Crippen LogP) is 3.42. The number of ether oxygens (including phenoxy) is 1. The van der Waals surface area contributed by atoms with E-state index in [4.69, 9.17) is 16.3 Å². The van der Waals surface area contributed by atoms with E-state index in [2.05, 4.69) is 10.3 Å². The molecule has 1 aromatic carbocycles. The summed E-state index contributed by atoms with van der Waals surface area (Å²) in [6.45, 7) is 0. The van der Waals surface area contributed by atoms with Crippen molar-refractivity contribution in [1.29, 1.82) is 0 Å². The van der Waals surface area contributed by atoms with Crippen LogP contribution in [-0.4, -0.2) is 18.0 Å². The van der Waals surface area contributed by atoms with Crippen molar-refractivity contribution in [1.82, 2.24) is 4.98 Å². The summed E-state index contributed by atoms with van der Waals surface area (Å²) in [7, 11) is 1.54. The molecule has 0 aliphatic rings. The van der Waals surface area contributed by atoms with Crippen LogP contribution in [0.15, 0.2) is 42.7 Å². The normalized spacial score (nSPS) is 9.37. The van der Waals surface area contributed by atoms with Crippen molar-refractivity contribution in [2.45, 2.75) is 0 Å². The van der Waals surface area contributed by atoms with E-state index < -0.39 is 0 Å². The number of benzene rings is 1. The molecule has 0 spiro atoms. The van der Waals surface area contributed by atoms with Crippen LogP contribution in [0.2, 0.25) is 5.02 Å². The van der Waals surface area contributed by atoms with Crippen LogP contribution in [0.4, 0.5) is 5.69 Å². The zero-order chi connectivity index (χ0) is 13.0. The van der Waals surface area contributed by atoms with E-state index in [0.717, 1.165) is 0 Å². The summed E-state index contributed by atoms with van der Waals surface area (Å²) in [5, 5.41) is 3.18. The van der Waals surface area contributed by atoms with Crippen molar-refractivity contribution in [3.05, 3.63) is 53.3 Å². The Kier molecular flexibility index (Phi) is 5.60. The summed E-state index contributed by atoms with van der Waals surface area (Å²) >= 11 is 5.97. The molecule has 0 saturated heterocycles. The maximum Gasteiger partial charge on any atom is 0.257 e. The molecule has 4 nitrogen and oxygen atoms in total. The summed E-state index contributed by atoms with van der Waals surface area (Å²) in [4.78, 5) is 15.7. The molecular weight excluding hydrogens is 287 g/mol. The van der Waals surface area contributed by atoms with Gasteiger partial charge in [0, 0.05) is 18.1 Å². The number of carbonyl (C=O) groups is 1. The minimum absolute atomic E-state index is 0. The van der Waals surface area contributed by atoms with E-state index in [-0.39, 0.29) is 18.3 Å². The van der Waals surface area contributed by atoms with Gasteiger partial charge in [0.15, 0.2) is 0 Å². The summed E-state index contributed by atoms with van der Waals surface area (Å²) in [5.41, 5.74) is 1.10. The molecule has 1 heterocycles. The maximum absolute atomic E-state index is 11.9. The number of hydrogen-bond acceptors (Lipinski definition) is 3. The highest BCUT2D eigenvalue weighted by atomic mass is 35.5. The van der Waals surface area contributed by atoms with Crippen LogP contribution in [0.1, 0.15) is 10.4 Å². The molecular formula is C13H12Cl2N2O2. The number of aromatic nitrogens is 1. The number of anilines is 1. The molecule has 0 atom stereocenters. The Morgan fingerprint density at radius 1 is 1.37 bits per heavy atom. The van der Waals surface area contributed by atoms with Crippen molar-refractivity contribution in [2.24, 2.45) is 0 Å². The van der Waals surface area contributed by atoms with E-state index in [0.29, 0.717) is 22.0 Å². The van der Waals surface area contributed by atoms with Gasteiger partial charge < -0.3 is 10.1 Å². The number of amides is 1. The maximum atomic E-state index is 11.9. The zero-order valence-electron chi connectivity index (χ0n) is 10.1. The van der Waals surface area contributed by atoms with Gasteiger partial charge in [-0.05, 0) is 30.3 Å². The molecule has 2 aromatic rings. The Labute approximate surface area is 122 Å². The first-order chi connectivity index (χ1) is 8.70. The first kappa shape index (κ1) is 15.3. The number of rotatable bonds is 3. The summed E-state index contributed by atoms with van der Waals surface area (Å²) in [5.74, 6) is 0.334. The fourth-order valence-electron chi connectivity index (χ4n) is 1.44. The fourth-order valence-corrected chi connectivity index (χ4v) is 1.70. The molecule has 0 fully saturated rings. The van der Waals surface area contributed by atoms with Crippen molar-refractivity contribution < 1.29 is 9.53 Å². The topological polar surface area (TPSA) is 51.2 Å². The summed E-state index contributed by atoms with van der Waals surface area (Å²) in [6, 6.07) is 8.44. The number of halogens is 2. The van der Waals surface area contributed by atoms with Crippen LogP contribution in [0, 0.1) is 0 Å². The quantitative estimate of drug-likeness (QED) is 0.944. The van der Waals surface area contributed by atoms with Gasteiger partial charge in [0.05, 0.1) is 17.7 Å². The molecule has 0 saturated carbocycles. The number of nitrogens with one attached hydrogen (secondary N) is 1. The van der Waals surface area contributed by atoms with Crippen molar-refractivity contribution in [3.63, 3.8) is 0 Å². The number of nitrogens with zero attached hydrogens (tertiary/aromatic N) is 1. The molecule has 6 heteroatoms. The second-order valence-electron chi connectivity index (χ2n) is 3.55. The Morgan fingerprint density at radius 3 is 2.74 bits per heavy atom. The van der Waals surface area contributed by atoms with E-state index in [1.54, 1.807) is 36.5 Å². The van der Waals surface area contributed by atoms with Crippen LogP contribution < -0.4 is 10.1 Å². The van der Waals surface area contributed by atoms with Crippen LogP contribution in [0.25, 0.3) is 0 Å². The van der Waals surface area contributed by atoms with Gasteiger partial charge in [0.1, 0.15) is 5.75 Å². The number of carbonyl (C=O) groups excluding carboxylic acids is 1. The first-order valence-corrected chi connectivity index (χ1v) is 5.63. The Bertz CT molecular complexity index is 562. The molecule has 100 valence electrons. The highest BCUT2D eigenvalue weighted by molar-refractivity contribution is 6.32. The average Bonchev–Trinajstić information content (AvgIpc) is 2.40. The molecule has 1 amide bonds. The van der Waals surface area contributed by atoms with Gasteiger partial charge in [-0.1, -0.05) is 11.6 Å². The van der Waals surface area contributed by atoms with Crippen LogP contribution in [-0.2, 0) is 0 Å². The third-order valence-corrected chi connectivity index (χ3v) is 2.63. The van der Waals surface area contributed by atoms with Gasteiger partial charge in [-0.3, -0.25) is 9.78 Å². The lowest BCUT2D eigenvalue weighted by atomic mass is 10.2. The summed E-state index contributed by atoms with van der Waals surface area (Å²) in [6.07, 6.45) is 3.11. The van der Waals surface area contributed by atoms with E-state index in [1.165, 1.54) is 13.3 Å². The average molecular weight is 299 g/mol. The molecule has 0 bridgehead atoms. The number of pyridine rings is 1. The van der Waals surface area contributed by atoms with Gasteiger partial charge >= 0.3 is 0 Å². The highest BCUT2D eigenvalue weighted by Crippen LogP contribution is 2.27.